The molecule has 1 saturated carbocycles. The summed E-state index contributed by atoms with van der Waals surface area (Å²) in [5, 5.41) is 36.9. The summed E-state index contributed by atoms with van der Waals surface area (Å²) in [6.45, 7) is 0. The topological polar surface area (TPSA) is 180 Å². The number of carbonyl (C=O) groups excluding carboxylic acids is 3. The van der Waals surface area contributed by atoms with Gasteiger partial charge in [-0.15, -0.1) is 0 Å². The van der Waals surface area contributed by atoms with Crippen LogP contribution in [0.3, 0.4) is 0 Å². The lowest BCUT2D eigenvalue weighted by molar-refractivity contribution is -0.159. The predicted octanol–water partition coefficient (Wildman–Crippen LogP) is -0.738. The second kappa shape index (κ2) is 11.4. The van der Waals surface area contributed by atoms with Crippen LogP contribution in [0.4, 0.5) is 0 Å². The largest absolute Gasteiger partial charge is 0.497 e. The molecule has 0 spiro atoms. The summed E-state index contributed by atoms with van der Waals surface area (Å²) in [5.41, 5.74) is 4.24. The van der Waals surface area contributed by atoms with E-state index < -0.39 is 60.5 Å². The van der Waals surface area contributed by atoms with Gasteiger partial charge >= 0.3 is 0 Å². The molecule has 1 aliphatic carbocycles. The van der Waals surface area contributed by atoms with Gasteiger partial charge in [0.05, 0.1) is 26.4 Å². The van der Waals surface area contributed by atoms with Crippen LogP contribution in [0.15, 0.2) is 48.5 Å². The van der Waals surface area contributed by atoms with E-state index in [1.54, 1.807) is 36.4 Å². The lowest BCUT2D eigenvalue weighted by Gasteiger charge is -2.41. The lowest BCUT2D eigenvalue weighted by atomic mass is 9.77. The Morgan fingerprint density at radius 1 is 1.00 bits per heavy atom. The van der Waals surface area contributed by atoms with Crippen molar-refractivity contribution in [1.82, 2.24) is 10.6 Å². The Bertz CT molecular complexity index is 1080. The first kappa shape index (κ1) is 26.9. The number of hydrogen-bond donors (Lipinski definition) is 6. The second-order valence-corrected chi connectivity index (χ2v) is 8.79. The van der Waals surface area contributed by atoms with Crippen molar-refractivity contribution in [3.63, 3.8) is 0 Å². The molecule has 0 aromatic heterocycles. The van der Waals surface area contributed by atoms with Crippen molar-refractivity contribution in [3.8, 4) is 11.5 Å². The summed E-state index contributed by atoms with van der Waals surface area (Å²) < 4.78 is 10.2. The molecule has 0 aliphatic heterocycles. The third kappa shape index (κ3) is 6.30. The number of primary amides is 1. The van der Waals surface area contributed by atoms with Crippen molar-refractivity contribution in [2.75, 3.05) is 14.2 Å². The van der Waals surface area contributed by atoms with Gasteiger partial charge in [0.15, 0.2) is 0 Å². The summed E-state index contributed by atoms with van der Waals surface area (Å²) in [7, 11) is 3.00. The number of hydrogen-bond acceptors (Lipinski definition) is 8. The molecule has 194 valence electrons. The smallest absolute Gasteiger partial charge is 0.252 e. The molecule has 0 saturated heterocycles. The number of ether oxygens (including phenoxy) is 2. The van der Waals surface area contributed by atoms with Crippen molar-refractivity contribution in [1.29, 1.82) is 0 Å². The first-order valence-electron chi connectivity index (χ1n) is 11.3. The average Bonchev–Trinajstić information content (AvgIpc) is 2.86. The van der Waals surface area contributed by atoms with Crippen molar-refractivity contribution in [2.45, 2.75) is 49.2 Å². The molecule has 1 aliphatic rings. The molecule has 36 heavy (non-hydrogen) atoms. The fourth-order valence-electron chi connectivity index (χ4n) is 4.13. The minimum absolute atomic E-state index is 0.0595. The zero-order chi connectivity index (χ0) is 26.5. The fraction of sp³-hybridized carbons (Fsp3) is 0.400. The number of rotatable bonds is 9. The van der Waals surface area contributed by atoms with E-state index in [2.05, 4.69) is 10.6 Å². The van der Waals surface area contributed by atoms with E-state index in [4.69, 9.17) is 15.2 Å². The van der Waals surface area contributed by atoms with Crippen LogP contribution in [0.2, 0.25) is 0 Å². The number of aliphatic hydroxyl groups is 3. The number of nitrogens with one attached hydrogen (secondary N) is 2. The van der Waals surface area contributed by atoms with Crippen LogP contribution in [0.5, 0.6) is 11.5 Å². The number of aliphatic hydroxyl groups excluding tert-OH is 2. The second-order valence-electron chi connectivity index (χ2n) is 8.79. The minimum Gasteiger partial charge on any atom is -0.497 e. The zero-order valence-electron chi connectivity index (χ0n) is 20.0. The van der Waals surface area contributed by atoms with Crippen LogP contribution in [0.1, 0.15) is 28.8 Å². The van der Waals surface area contributed by atoms with Crippen molar-refractivity contribution in [3.05, 3.63) is 59.7 Å². The first-order valence-corrected chi connectivity index (χ1v) is 11.3. The number of carbonyl (C=O) groups is 3. The molecule has 2 aromatic rings. The van der Waals surface area contributed by atoms with E-state index in [1.165, 1.54) is 26.4 Å². The van der Waals surface area contributed by atoms with Gasteiger partial charge in [0, 0.05) is 24.8 Å². The highest BCUT2D eigenvalue weighted by atomic mass is 16.5. The number of methoxy groups -OCH3 is 2. The van der Waals surface area contributed by atoms with Gasteiger partial charge in [-0.1, -0.05) is 12.1 Å². The molecular formula is C25H31N3O8. The van der Waals surface area contributed by atoms with E-state index >= 15 is 0 Å². The van der Waals surface area contributed by atoms with Crippen LogP contribution in [-0.2, 0) is 16.0 Å². The molecular weight excluding hydrogens is 470 g/mol. The highest BCUT2D eigenvalue weighted by Gasteiger charge is 2.49. The van der Waals surface area contributed by atoms with E-state index in [1.807, 2.05) is 0 Å². The Morgan fingerprint density at radius 2 is 1.56 bits per heavy atom. The maximum atomic E-state index is 13.0. The quantitative estimate of drug-likeness (QED) is 0.260. The summed E-state index contributed by atoms with van der Waals surface area (Å²) in [6, 6.07) is 10.7. The molecule has 11 heteroatoms. The zero-order valence-corrected chi connectivity index (χ0v) is 20.0. The number of amides is 3. The molecule has 3 rings (SSSR count). The summed E-state index contributed by atoms with van der Waals surface area (Å²) in [6.07, 6.45) is -3.77. The molecule has 0 radical (unpaired) electrons. The Hall–Kier alpha value is -3.67. The van der Waals surface area contributed by atoms with E-state index in [0.717, 1.165) is 0 Å². The third-order valence-corrected chi connectivity index (χ3v) is 6.25. The molecule has 0 bridgehead atoms. The third-order valence-electron chi connectivity index (χ3n) is 6.25. The van der Waals surface area contributed by atoms with Crippen molar-refractivity contribution < 1.29 is 39.2 Å². The summed E-state index contributed by atoms with van der Waals surface area (Å²) in [5.74, 6) is -1.18. The Morgan fingerprint density at radius 3 is 2.08 bits per heavy atom. The fourth-order valence-corrected chi connectivity index (χ4v) is 4.13. The Balaban J connectivity index is 1.71. The highest BCUT2D eigenvalue weighted by molar-refractivity contribution is 5.95. The van der Waals surface area contributed by atoms with Crippen LogP contribution in [-0.4, -0.2) is 77.2 Å². The van der Waals surface area contributed by atoms with E-state index in [9.17, 15) is 29.7 Å². The van der Waals surface area contributed by atoms with Gasteiger partial charge in [0.1, 0.15) is 29.2 Å². The summed E-state index contributed by atoms with van der Waals surface area (Å²) >= 11 is 0. The molecule has 3 amide bonds. The van der Waals surface area contributed by atoms with Gasteiger partial charge in [-0.3, -0.25) is 14.4 Å². The van der Waals surface area contributed by atoms with E-state index in [0.29, 0.717) is 17.1 Å². The van der Waals surface area contributed by atoms with Crippen LogP contribution >= 0.6 is 0 Å². The van der Waals surface area contributed by atoms with Crippen LogP contribution in [0.25, 0.3) is 0 Å². The minimum atomic E-state index is -2.18. The SMILES string of the molecule is COc1ccc(CC(NC(=O)C2(O)CC(O)C(O)C(NC(=O)c3ccc(OC)cc3)C2)C(N)=O)cc1. The lowest BCUT2D eigenvalue weighted by Crippen LogP contribution is -2.64. The molecule has 5 atom stereocenters. The van der Waals surface area contributed by atoms with Crippen LogP contribution < -0.4 is 25.8 Å². The number of nitrogens with two attached hydrogens (primary N) is 1. The predicted molar refractivity (Wildman–Crippen MR) is 128 cm³/mol. The molecule has 1 fully saturated rings. The normalized spacial score (nSPS) is 24.3. The molecule has 7 N–H and O–H groups in total. The molecule has 2 aromatic carbocycles. The molecule has 11 nitrogen and oxygen atoms in total. The van der Waals surface area contributed by atoms with Crippen molar-refractivity contribution in [2.24, 2.45) is 5.73 Å². The Kier molecular flexibility index (Phi) is 8.51. The number of benzene rings is 2. The Labute approximate surface area is 208 Å². The van der Waals surface area contributed by atoms with Gasteiger partial charge in [0.25, 0.3) is 11.8 Å². The highest BCUT2D eigenvalue weighted by Crippen LogP contribution is 2.30. The summed E-state index contributed by atoms with van der Waals surface area (Å²) in [4.78, 5) is 37.7. The van der Waals surface area contributed by atoms with E-state index in [-0.39, 0.29) is 12.0 Å². The van der Waals surface area contributed by atoms with Gasteiger partial charge in [-0.25, -0.2) is 0 Å². The van der Waals surface area contributed by atoms with Crippen LogP contribution in [0, 0.1) is 0 Å². The standard InChI is InChI=1S/C25H31N3O8/c1-35-16-7-3-14(4-8-16)11-18(22(26)31)28-24(33)25(34)12-19(21(30)20(29)13-25)27-23(32)15-5-9-17(36-2)10-6-15/h3-10,18-21,29-30,34H,11-13H2,1-2H3,(H2,26,31)(H,27,32)(H,28,33). The van der Waals surface area contributed by atoms with Crippen molar-refractivity contribution >= 4 is 17.7 Å². The van der Waals surface area contributed by atoms with Gasteiger partial charge in [0.2, 0.25) is 5.91 Å². The molecule has 5 unspecified atom stereocenters. The van der Waals surface area contributed by atoms with Gasteiger partial charge < -0.3 is 41.2 Å². The maximum Gasteiger partial charge on any atom is 0.252 e. The van der Waals surface area contributed by atoms with Gasteiger partial charge in [-0.2, -0.15) is 0 Å². The van der Waals surface area contributed by atoms with Gasteiger partial charge in [-0.05, 0) is 42.0 Å². The monoisotopic (exact) mass is 501 g/mol. The maximum absolute atomic E-state index is 13.0. The average molecular weight is 502 g/mol. The first-order chi connectivity index (χ1) is 17.1. The molecule has 0 heterocycles.